The molecule has 0 bridgehead atoms. The maximum atomic E-state index is 12.2. The van der Waals surface area contributed by atoms with E-state index in [1.165, 1.54) is 4.90 Å². The van der Waals surface area contributed by atoms with Crippen molar-refractivity contribution in [1.29, 1.82) is 0 Å². The van der Waals surface area contributed by atoms with Gasteiger partial charge in [0.1, 0.15) is 5.75 Å². The van der Waals surface area contributed by atoms with Gasteiger partial charge in [-0.2, -0.15) is 0 Å². The van der Waals surface area contributed by atoms with E-state index in [0.29, 0.717) is 11.4 Å². The normalized spacial score (nSPS) is 16.3. The van der Waals surface area contributed by atoms with E-state index >= 15 is 0 Å². The highest BCUT2D eigenvalue weighted by molar-refractivity contribution is 8.18. The van der Waals surface area contributed by atoms with Crippen LogP contribution in [0.4, 0.5) is 4.79 Å². The van der Waals surface area contributed by atoms with E-state index in [2.05, 4.69) is 0 Å². The third kappa shape index (κ3) is 2.97. The lowest BCUT2D eigenvalue weighted by Gasteiger charge is -2.07. The fourth-order valence-corrected chi connectivity index (χ4v) is 3.53. The number of methoxy groups -OCH3 is 1. The molecule has 6 heteroatoms. The molecule has 0 aliphatic carbocycles. The number of imide groups is 1. The molecular weight excluding hydrogens is 324 g/mol. The average Bonchev–Trinajstić information content (AvgIpc) is 3.07. The number of likely N-dealkylation sites (N-methyl/N-ethyl adjacent to an activating group) is 1. The molecule has 24 heavy (non-hydrogen) atoms. The molecule has 3 rings (SSSR count). The van der Waals surface area contributed by atoms with Crippen LogP contribution in [0.2, 0.25) is 0 Å². The number of carbonyl (C=O) groups excluding carboxylic acids is 2. The molecule has 0 atom stereocenters. The number of hydrogen-bond donors (Lipinski definition) is 0. The van der Waals surface area contributed by atoms with Gasteiger partial charge in [0.25, 0.3) is 11.1 Å². The van der Waals surface area contributed by atoms with Crippen LogP contribution in [0, 0.1) is 6.92 Å². The largest absolute Gasteiger partial charge is 0.497 e. The van der Waals surface area contributed by atoms with E-state index in [4.69, 9.17) is 4.74 Å². The van der Waals surface area contributed by atoms with Crippen molar-refractivity contribution < 1.29 is 14.3 Å². The Morgan fingerprint density at radius 2 is 1.92 bits per heavy atom. The Balaban J connectivity index is 1.90. The quantitative estimate of drug-likeness (QED) is 0.792. The van der Waals surface area contributed by atoms with Gasteiger partial charge < -0.3 is 9.30 Å². The van der Waals surface area contributed by atoms with Gasteiger partial charge in [-0.15, -0.1) is 0 Å². The first-order valence-corrected chi connectivity index (χ1v) is 8.44. The first-order valence-electron chi connectivity index (χ1n) is 7.62. The number of aryl methyl sites for hydroxylation is 1. The molecule has 2 amide bonds. The van der Waals surface area contributed by atoms with Crippen LogP contribution in [-0.4, -0.2) is 34.3 Å². The molecule has 1 aromatic carbocycles. The topological polar surface area (TPSA) is 51.5 Å². The van der Waals surface area contributed by atoms with Gasteiger partial charge in [-0.3, -0.25) is 14.5 Å². The lowest BCUT2D eigenvalue weighted by molar-refractivity contribution is -0.122. The average molecular weight is 342 g/mol. The molecule has 5 nitrogen and oxygen atoms in total. The van der Waals surface area contributed by atoms with Crippen LogP contribution < -0.4 is 4.74 Å². The van der Waals surface area contributed by atoms with Crippen LogP contribution in [0.15, 0.2) is 41.4 Å². The number of rotatable bonds is 4. The monoisotopic (exact) mass is 342 g/mol. The number of hydrogen-bond acceptors (Lipinski definition) is 4. The van der Waals surface area contributed by atoms with Gasteiger partial charge in [0.15, 0.2) is 0 Å². The van der Waals surface area contributed by atoms with Crippen molar-refractivity contribution in [3.05, 3.63) is 52.7 Å². The summed E-state index contributed by atoms with van der Waals surface area (Å²) >= 11 is 0.990. The van der Waals surface area contributed by atoms with Crippen molar-refractivity contribution in [3.63, 3.8) is 0 Å². The van der Waals surface area contributed by atoms with Crippen LogP contribution in [-0.2, 0) is 4.79 Å². The zero-order valence-corrected chi connectivity index (χ0v) is 14.6. The number of benzene rings is 1. The fraction of sp³-hybridized carbons (Fsp3) is 0.222. The third-order valence-electron chi connectivity index (χ3n) is 3.87. The van der Waals surface area contributed by atoms with E-state index in [-0.39, 0.29) is 11.1 Å². The van der Waals surface area contributed by atoms with Crippen molar-refractivity contribution >= 4 is 29.0 Å². The summed E-state index contributed by atoms with van der Waals surface area (Å²) in [7, 11) is 1.64. The van der Waals surface area contributed by atoms with E-state index < -0.39 is 0 Å². The van der Waals surface area contributed by atoms with Crippen molar-refractivity contribution in [2.45, 2.75) is 13.8 Å². The molecule has 1 fully saturated rings. The lowest BCUT2D eigenvalue weighted by Crippen LogP contribution is -2.27. The first kappa shape index (κ1) is 16.4. The number of aromatic nitrogens is 1. The standard InChI is InChI=1S/C18H18N2O3S/c1-4-19-17(21)16(24-18(19)22)10-13-9-12(2)20(11-13)14-5-7-15(23-3)8-6-14/h5-11H,4H2,1-3H3/b16-10+. The summed E-state index contributed by atoms with van der Waals surface area (Å²) in [6, 6.07) is 9.74. The van der Waals surface area contributed by atoms with Gasteiger partial charge in [-0.25, -0.2) is 0 Å². The Bertz CT molecular complexity index is 821. The number of nitrogens with zero attached hydrogens (tertiary/aromatic N) is 2. The molecule has 2 aromatic rings. The maximum Gasteiger partial charge on any atom is 0.293 e. The Hall–Kier alpha value is -2.47. The molecule has 1 aliphatic heterocycles. The minimum Gasteiger partial charge on any atom is -0.497 e. The summed E-state index contributed by atoms with van der Waals surface area (Å²) in [6.07, 6.45) is 3.73. The maximum absolute atomic E-state index is 12.2. The van der Waals surface area contributed by atoms with Gasteiger partial charge in [0, 0.05) is 24.1 Å². The highest BCUT2D eigenvalue weighted by atomic mass is 32.2. The molecule has 0 radical (unpaired) electrons. The van der Waals surface area contributed by atoms with Gasteiger partial charge >= 0.3 is 0 Å². The Morgan fingerprint density at radius 1 is 1.21 bits per heavy atom. The lowest BCUT2D eigenvalue weighted by atomic mass is 10.3. The van der Waals surface area contributed by atoms with Gasteiger partial charge in [-0.05, 0) is 67.6 Å². The molecule has 1 aliphatic rings. The molecule has 0 N–H and O–H groups in total. The predicted octanol–water partition coefficient (Wildman–Crippen LogP) is 3.85. The molecule has 0 unspecified atom stereocenters. The highest BCUT2D eigenvalue weighted by Gasteiger charge is 2.33. The highest BCUT2D eigenvalue weighted by Crippen LogP contribution is 2.32. The zero-order valence-electron chi connectivity index (χ0n) is 13.8. The number of ether oxygens (including phenoxy) is 1. The van der Waals surface area contributed by atoms with E-state index in [9.17, 15) is 9.59 Å². The second-order valence-electron chi connectivity index (χ2n) is 5.41. The van der Waals surface area contributed by atoms with Gasteiger partial charge in [0.05, 0.1) is 12.0 Å². The third-order valence-corrected chi connectivity index (χ3v) is 4.78. The van der Waals surface area contributed by atoms with Crippen LogP contribution in [0.1, 0.15) is 18.2 Å². The molecule has 1 aromatic heterocycles. The zero-order chi connectivity index (χ0) is 17.3. The summed E-state index contributed by atoms with van der Waals surface area (Å²) in [4.78, 5) is 25.7. The summed E-state index contributed by atoms with van der Waals surface area (Å²) < 4.78 is 7.21. The first-order chi connectivity index (χ1) is 11.5. The predicted molar refractivity (Wildman–Crippen MR) is 95.4 cm³/mol. The summed E-state index contributed by atoms with van der Waals surface area (Å²) in [6.45, 7) is 4.19. The number of carbonyl (C=O) groups is 2. The summed E-state index contributed by atoms with van der Waals surface area (Å²) in [5.74, 6) is 0.583. The van der Waals surface area contributed by atoms with E-state index in [1.807, 2.05) is 48.0 Å². The Labute approximate surface area is 144 Å². The van der Waals surface area contributed by atoms with Crippen molar-refractivity contribution in [2.24, 2.45) is 0 Å². The van der Waals surface area contributed by atoms with E-state index in [1.54, 1.807) is 20.1 Å². The minimum absolute atomic E-state index is 0.208. The molecule has 0 saturated carbocycles. The van der Waals surface area contributed by atoms with Crippen molar-refractivity contribution in [3.8, 4) is 11.4 Å². The van der Waals surface area contributed by atoms with Gasteiger partial charge in [0.2, 0.25) is 0 Å². The van der Waals surface area contributed by atoms with Crippen LogP contribution in [0.25, 0.3) is 11.8 Å². The molecule has 1 saturated heterocycles. The van der Waals surface area contributed by atoms with Crippen LogP contribution in [0.5, 0.6) is 5.75 Å². The Morgan fingerprint density at radius 3 is 2.50 bits per heavy atom. The molecule has 124 valence electrons. The minimum atomic E-state index is -0.220. The molecule has 2 heterocycles. The number of amides is 2. The smallest absolute Gasteiger partial charge is 0.293 e. The van der Waals surface area contributed by atoms with Crippen LogP contribution >= 0.6 is 11.8 Å². The molecule has 0 spiro atoms. The van der Waals surface area contributed by atoms with Gasteiger partial charge in [-0.1, -0.05) is 0 Å². The number of thioether (sulfide) groups is 1. The second-order valence-corrected chi connectivity index (χ2v) is 6.40. The summed E-state index contributed by atoms with van der Waals surface area (Å²) in [5, 5.41) is -0.208. The molecular formula is C18H18N2O3S. The second kappa shape index (κ2) is 6.57. The SMILES string of the molecule is CCN1C(=O)S/C(=C/c2cc(C)n(-c3ccc(OC)cc3)c2)C1=O. The Kier molecular flexibility index (Phi) is 4.49. The van der Waals surface area contributed by atoms with Crippen LogP contribution in [0.3, 0.4) is 0 Å². The summed E-state index contributed by atoms with van der Waals surface area (Å²) in [5.41, 5.74) is 2.95. The van der Waals surface area contributed by atoms with E-state index in [0.717, 1.165) is 34.5 Å². The fourth-order valence-electron chi connectivity index (χ4n) is 2.62. The van der Waals surface area contributed by atoms with Crippen molar-refractivity contribution in [1.82, 2.24) is 9.47 Å². The van der Waals surface area contributed by atoms with Crippen molar-refractivity contribution in [2.75, 3.05) is 13.7 Å².